The van der Waals surface area contributed by atoms with Crippen LogP contribution in [-0.4, -0.2) is 19.1 Å². The molecular weight excluding hydrogens is 545 g/mol. The third-order valence-electron chi connectivity index (χ3n) is 8.32. The lowest BCUT2D eigenvalue weighted by molar-refractivity contribution is 1.02. The minimum Gasteiger partial charge on any atom is -0.316 e. The first-order chi connectivity index (χ1) is 21.3. The van der Waals surface area contributed by atoms with E-state index in [1.807, 2.05) is 6.07 Å². The molecule has 0 atom stereocenters. The first kappa shape index (κ1) is 24.1. The molecule has 0 saturated heterocycles. The fourth-order valence-electron chi connectivity index (χ4n) is 6.31. The maximum Gasteiger partial charge on any atom is 0.236 e. The van der Waals surface area contributed by atoms with Gasteiger partial charge in [-0.1, -0.05) is 97.1 Å². The van der Waals surface area contributed by atoms with Gasteiger partial charge in [-0.15, -0.1) is 11.3 Å². The zero-order valence-electron chi connectivity index (χ0n) is 23.1. The molecule has 0 saturated carbocycles. The van der Waals surface area contributed by atoms with E-state index in [9.17, 15) is 0 Å². The molecule has 0 amide bonds. The van der Waals surface area contributed by atoms with Crippen LogP contribution in [0.3, 0.4) is 0 Å². The molecule has 0 unspecified atom stereocenters. The fourth-order valence-corrected chi connectivity index (χ4v) is 7.07. The highest BCUT2D eigenvalue weighted by atomic mass is 32.1. The number of hydrogen-bond donors (Lipinski definition) is 0. The van der Waals surface area contributed by atoms with Gasteiger partial charge >= 0.3 is 0 Å². The van der Waals surface area contributed by atoms with Crippen molar-refractivity contribution >= 4 is 54.3 Å². The number of fused-ring (bicyclic) bond motifs is 6. The maximum absolute atomic E-state index is 5.31. The number of hydrogen-bond acceptors (Lipinski definition) is 3. The van der Waals surface area contributed by atoms with Gasteiger partial charge in [0.25, 0.3) is 0 Å². The lowest BCUT2D eigenvalue weighted by atomic mass is 10.0. The Morgan fingerprint density at radius 2 is 1.21 bits per heavy atom. The first-order valence-corrected chi connectivity index (χ1v) is 15.2. The van der Waals surface area contributed by atoms with Crippen LogP contribution in [0.25, 0.3) is 76.9 Å². The molecule has 5 aromatic carbocycles. The van der Waals surface area contributed by atoms with Gasteiger partial charge in [0.2, 0.25) is 5.95 Å². The summed E-state index contributed by atoms with van der Waals surface area (Å²) in [5.74, 6) is 0.684. The molecule has 4 nitrogen and oxygen atoms in total. The topological polar surface area (TPSA) is 35.6 Å². The van der Waals surface area contributed by atoms with Crippen molar-refractivity contribution in [1.82, 2.24) is 19.1 Å². The molecule has 0 fully saturated rings. The van der Waals surface area contributed by atoms with E-state index in [2.05, 4.69) is 148 Å². The number of rotatable bonds is 4. The van der Waals surface area contributed by atoms with Crippen LogP contribution in [0.4, 0.5) is 0 Å². The molecule has 0 N–H and O–H groups in total. The normalized spacial score (nSPS) is 11.7. The van der Waals surface area contributed by atoms with E-state index in [0.29, 0.717) is 5.95 Å². The monoisotopic (exact) mass is 568 g/mol. The summed E-state index contributed by atoms with van der Waals surface area (Å²) < 4.78 is 4.50. The average Bonchev–Trinajstić information content (AvgIpc) is 3.81. The fraction of sp³-hybridized carbons (Fsp3) is 0. The van der Waals surface area contributed by atoms with Crippen molar-refractivity contribution in [3.8, 4) is 34.0 Å². The van der Waals surface area contributed by atoms with Gasteiger partial charge in [-0.2, -0.15) is 0 Å². The number of nitrogens with zero attached hydrogens (tertiary/aromatic N) is 4. The quantitative estimate of drug-likeness (QED) is 0.212. The van der Waals surface area contributed by atoms with E-state index in [0.717, 1.165) is 43.7 Å². The SMILES string of the molecule is c1ccc(-c2ccc(-c3nc(-n4c5ccccc5c5ccc6c(ccn6-c6ccccc6)c54)nc4sccc34)cc2)cc1. The zero-order chi connectivity index (χ0) is 28.3. The molecule has 0 radical (unpaired) electrons. The third kappa shape index (κ3) is 3.75. The molecule has 5 heteroatoms. The standard InChI is InChI=1S/C38H24N4S/c1-3-9-25(10-4-1)26-15-17-27(18-16-26)35-32-22-24-43-37(32)40-38(39-35)42-34-14-8-7-13-29(34)30-19-20-33-31(36(30)42)21-23-41(33)28-11-5-2-6-12-28/h1-24H. The second-order valence-corrected chi connectivity index (χ2v) is 11.6. The van der Waals surface area contributed by atoms with E-state index in [1.54, 1.807) is 11.3 Å². The van der Waals surface area contributed by atoms with Crippen LogP contribution in [0.1, 0.15) is 0 Å². The maximum atomic E-state index is 5.31. The predicted octanol–water partition coefficient (Wildman–Crippen LogP) is 10.1. The van der Waals surface area contributed by atoms with E-state index >= 15 is 0 Å². The molecule has 0 bridgehead atoms. The Hall–Kier alpha value is -5.52. The van der Waals surface area contributed by atoms with Crippen LogP contribution >= 0.6 is 11.3 Å². The lowest BCUT2D eigenvalue weighted by Gasteiger charge is -2.11. The van der Waals surface area contributed by atoms with Crippen LogP contribution in [0, 0.1) is 0 Å². The van der Waals surface area contributed by atoms with Gasteiger partial charge in [0.15, 0.2) is 0 Å². The zero-order valence-corrected chi connectivity index (χ0v) is 23.9. The lowest BCUT2D eigenvalue weighted by Crippen LogP contribution is -2.03. The van der Waals surface area contributed by atoms with Gasteiger partial charge in [-0.3, -0.25) is 4.57 Å². The number of benzene rings is 5. The Bertz CT molecular complexity index is 2430. The summed E-state index contributed by atoms with van der Waals surface area (Å²) >= 11 is 1.65. The molecule has 43 heavy (non-hydrogen) atoms. The highest BCUT2D eigenvalue weighted by Gasteiger charge is 2.20. The number of aromatic nitrogens is 4. The smallest absolute Gasteiger partial charge is 0.236 e. The van der Waals surface area contributed by atoms with Gasteiger partial charge in [-0.25, -0.2) is 9.97 Å². The molecule has 0 spiro atoms. The van der Waals surface area contributed by atoms with Gasteiger partial charge in [0, 0.05) is 39.0 Å². The highest BCUT2D eigenvalue weighted by Crippen LogP contribution is 2.38. The van der Waals surface area contributed by atoms with Gasteiger partial charge in [-0.05, 0) is 52.9 Å². The van der Waals surface area contributed by atoms with Crippen molar-refractivity contribution in [1.29, 1.82) is 0 Å². The Kier molecular flexibility index (Phi) is 5.33. The first-order valence-electron chi connectivity index (χ1n) is 14.3. The summed E-state index contributed by atoms with van der Waals surface area (Å²) in [4.78, 5) is 11.5. The van der Waals surface area contributed by atoms with Crippen molar-refractivity contribution in [2.75, 3.05) is 0 Å². The van der Waals surface area contributed by atoms with E-state index < -0.39 is 0 Å². The molecule has 9 rings (SSSR count). The van der Waals surface area contributed by atoms with Crippen molar-refractivity contribution < 1.29 is 0 Å². The Morgan fingerprint density at radius 1 is 0.488 bits per heavy atom. The van der Waals surface area contributed by atoms with Crippen LogP contribution in [0.2, 0.25) is 0 Å². The van der Waals surface area contributed by atoms with E-state index in [-0.39, 0.29) is 0 Å². The van der Waals surface area contributed by atoms with Crippen molar-refractivity contribution in [2.45, 2.75) is 0 Å². The second-order valence-electron chi connectivity index (χ2n) is 10.7. The third-order valence-corrected chi connectivity index (χ3v) is 9.12. The minimum atomic E-state index is 0.684. The van der Waals surface area contributed by atoms with Crippen LogP contribution in [-0.2, 0) is 0 Å². The summed E-state index contributed by atoms with van der Waals surface area (Å²) in [6.45, 7) is 0. The molecule has 4 aromatic heterocycles. The molecule has 0 aliphatic heterocycles. The summed E-state index contributed by atoms with van der Waals surface area (Å²) in [5, 5.41) is 6.73. The van der Waals surface area contributed by atoms with Crippen molar-refractivity contribution in [3.05, 3.63) is 145 Å². The average molecular weight is 569 g/mol. The largest absolute Gasteiger partial charge is 0.316 e. The molecule has 0 aliphatic carbocycles. The van der Waals surface area contributed by atoms with Crippen LogP contribution < -0.4 is 0 Å². The van der Waals surface area contributed by atoms with Gasteiger partial charge in [0.1, 0.15) is 4.83 Å². The number of thiophene rings is 1. The van der Waals surface area contributed by atoms with E-state index in [4.69, 9.17) is 9.97 Å². The Balaban J connectivity index is 1.30. The van der Waals surface area contributed by atoms with Crippen molar-refractivity contribution in [3.63, 3.8) is 0 Å². The summed E-state index contributed by atoms with van der Waals surface area (Å²) in [5.41, 5.74) is 8.92. The minimum absolute atomic E-state index is 0.684. The van der Waals surface area contributed by atoms with Crippen LogP contribution in [0.5, 0.6) is 0 Å². The summed E-state index contributed by atoms with van der Waals surface area (Å²) in [7, 11) is 0. The molecule has 4 heterocycles. The van der Waals surface area contributed by atoms with Crippen molar-refractivity contribution in [2.24, 2.45) is 0 Å². The molecule has 0 aliphatic rings. The summed E-state index contributed by atoms with van der Waals surface area (Å²) in [6, 6.07) is 47.1. The Labute approximate surface area is 251 Å². The molecular formula is C38H24N4S. The second kappa shape index (κ2) is 9.51. The molecule has 9 aromatic rings. The van der Waals surface area contributed by atoms with Gasteiger partial charge in [0.05, 0.1) is 22.2 Å². The molecule has 202 valence electrons. The van der Waals surface area contributed by atoms with Crippen LogP contribution in [0.15, 0.2) is 145 Å². The summed E-state index contributed by atoms with van der Waals surface area (Å²) in [6.07, 6.45) is 2.16. The van der Waals surface area contributed by atoms with Gasteiger partial charge < -0.3 is 4.57 Å². The highest BCUT2D eigenvalue weighted by molar-refractivity contribution is 7.16. The number of para-hydroxylation sites is 2. The predicted molar refractivity (Wildman–Crippen MR) is 179 cm³/mol. The Morgan fingerprint density at radius 3 is 2.05 bits per heavy atom. The van der Waals surface area contributed by atoms with E-state index in [1.165, 1.54) is 27.3 Å².